The van der Waals surface area contributed by atoms with E-state index in [4.69, 9.17) is 18.9 Å². The number of hydrogen-bond acceptors (Lipinski definition) is 6. The molecule has 0 bridgehead atoms. The van der Waals surface area contributed by atoms with Gasteiger partial charge in [-0.3, -0.25) is 4.99 Å². The van der Waals surface area contributed by atoms with Gasteiger partial charge in [0.2, 0.25) is 0 Å². The van der Waals surface area contributed by atoms with Crippen LogP contribution in [0.25, 0.3) is 0 Å². The van der Waals surface area contributed by atoms with Crippen molar-refractivity contribution in [1.29, 1.82) is 0 Å². The Labute approximate surface area is 169 Å². The van der Waals surface area contributed by atoms with E-state index in [-0.39, 0.29) is 0 Å². The summed E-state index contributed by atoms with van der Waals surface area (Å²) >= 11 is 0. The maximum Gasteiger partial charge on any atom is 0.191 e. The molecule has 0 saturated heterocycles. The van der Waals surface area contributed by atoms with E-state index in [1.807, 2.05) is 18.2 Å². The number of nitrogens with zero attached hydrogens (tertiary/aromatic N) is 2. The van der Waals surface area contributed by atoms with Crippen LogP contribution in [-0.2, 0) is 4.74 Å². The van der Waals surface area contributed by atoms with Gasteiger partial charge in [0.15, 0.2) is 5.96 Å². The van der Waals surface area contributed by atoms with Crippen molar-refractivity contribution in [1.82, 2.24) is 15.5 Å². The first-order chi connectivity index (χ1) is 13.6. The topological polar surface area (TPSA) is 76.6 Å². The van der Waals surface area contributed by atoms with Gasteiger partial charge < -0.3 is 34.5 Å². The summed E-state index contributed by atoms with van der Waals surface area (Å²) in [6, 6.07) is 5.51. The minimum atomic E-state index is 0.586. The number of benzene rings is 1. The summed E-state index contributed by atoms with van der Waals surface area (Å²) in [5, 5.41) is 6.62. The predicted octanol–water partition coefficient (Wildman–Crippen LogP) is 1.61. The van der Waals surface area contributed by atoms with Crippen molar-refractivity contribution >= 4 is 5.96 Å². The van der Waals surface area contributed by atoms with E-state index >= 15 is 0 Å². The fourth-order valence-corrected chi connectivity index (χ4v) is 2.51. The maximum absolute atomic E-state index is 5.79. The fraction of sp³-hybridized carbons (Fsp3) is 0.650. The molecule has 0 fully saturated rings. The average Bonchev–Trinajstić information content (AvgIpc) is 2.72. The van der Waals surface area contributed by atoms with Crippen LogP contribution in [0.2, 0.25) is 0 Å². The molecule has 0 aliphatic carbocycles. The molecule has 1 rings (SSSR count). The van der Waals surface area contributed by atoms with E-state index in [2.05, 4.69) is 27.6 Å². The van der Waals surface area contributed by atoms with E-state index in [0.29, 0.717) is 18.1 Å². The van der Waals surface area contributed by atoms with Gasteiger partial charge in [-0.2, -0.15) is 0 Å². The summed E-state index contributed by atoms with van der Waals surface area (Å²) in [4.78, 5) is 6.52. The number of rotatable bonds is 14. The third-order valence-electron chi connectivity index (χ3n) is 4.11. The van der Waals surface area contributed by atoms with Gasteiger partial charge in [0.05, 0.1) is 20.8 Å². The van der Waals surface area contributed by atoms with E-state index in [9.17, 15) is 0 Å². The normalized spacial score (nSPS) is 11.4. The molecule has 0 saturated carbocycles. The number of methoxy groups -OCH3 is 3. The standard InChI is InChI=1S/C20H36N4O4/c1-21-20(23-9-11-24(2)10-7-12-25-3)22-8-6-13-28-19-15-17(26-4)14-18(16-19)27-5/h14-16H,6-13H2,1-5H3,(H2,21,22,23). The van der Waals surface area contributed by atoms with Gasteiger partial charge in [0.25, 0.3) is 0 Å². The van der Waals surface area contributed by atoms with Crippen LogP contribution in [0.4, 0.5) is 0 Å². The Morgan fingerprint density at radius 1 is 0.893 bits per heavy atom. The molecule has 8 heteroatoms. The van der Waals surface area contributed by atoms with Crippen molar-refractivity contribution in [2.24, 2.45) is 4.99 Å². The molecular weight excluding hydrogens is 360 g/mol. The van der Waals surface area contributed by atoms with Crippen LogP contribution in [-0.4, -0.2) is 85.7 Å². The van der Waals surface area contributed by atoms with Gasteiger partial charge in [0, 0.05) is 65.1 Å². The number of hydrogen-bond donors (Lipinski definition) is 2. The van der Waals surface area contributed by atoms with Crippen molar-refractivity contribution in [3.05, 3.63) is 18.2 Å². The number of aliphatic imine (C=N–C) groups is 1. The predicted molar refractivity (Wildman–Crippen MR) is 113 cm³/mol. The monoisotopic (exact) mass is 396 g/mol. The van der Waals surface area contributed by atoms with E-state index in [1.165, 1.54) is 0 Å². The lowest BCUT2D eigenvalue weighted by Gasteiger charge is -2.18. The third kappa shape index (κ3) is 10.2. The Balaban J connectivity index is 2.20. The third-order valence-corrected chi connectivity index (χ3v) is 4.11. The number of nitrogens with one attached hydrogen (secondary N) is 2. The molecule has 0 radical (unpaired) electrons. The highest BCUT2D eigenvalue weighted by atomic mass is 16.5. The van der Waals surface area contributed by atoms with E-state index in [1.54, 1.807) is 28.4 Å². The van der Waals surface area contributed by atoms with Gasteiger partial charge >= 0.3 is 0 Å². The van der Waals surface area contributed by atoms with Crippen LogP contribution in [0.3, 0.4) is 0 Å². The summed E-state index contributed by atoms with van der Waals surface area (Å²) in [7, 11) is 8.86. The Hall–Kier alpha value is -2.19. The molecule has 2 N–H and O–H groups in total. The van der Waals surface area contributed by atoms with E-state index < -0.39 is 0 Å². The van der Waals surface area contributed by atoms with Crippen molar-refractivity contribution < 1.29 is 18.9 Å². The van der Waals surface area contributed by atoms with Crippen LogP contribution in [0.15, 0.2) is 23.2 Å². The van der Waals surface area contributed by atoms with Gasteiger partial charge in [-0.05, 0) is 19.9 Å². The second-order valence-electron chi connectivity index (χ2n) is 6.33. The zero-order valence-electron chi connectivity index (χ0n) is 17.9. The minimum absolute atomic E-state index is 0.586. The van der Waals surface area contributed by atoms with Crippen molar-refractivity contribution in [3.63, 3.8) is 0 Å². The van der Waals surface area contributed by atoms with Crippen LogP contribution < -0.4 is 24.8 Å². The van der Waals surface area contributed by atoms with E-state index in [0.717, 1.165) is 57.3 Å². The SMILES string of the molecule is CN=C(NCCCOc1cc(OC)cc(OC)c1)NCCN(C)CCCOC. The lowest BCUT2D eigenvalue weighted by Crippen LogP contribution is -2.41. The Bertz CT molecular complexity index is 547. The maximum atomic E-state index is 5.79. The van der Waals surface area contributed by atoms with Crippen LogP contribution in [0, 0.1) is 0 Å². The van der Waals surface area contributed by atoms with Gasteiger partial charge in [0.1, 0.15) is 17.2 Å². The summed E-state index contributed by atoms with van der Waals surface area (Å²) < 4.78 is 21.4. The van der Waals surface area contributed by atoms with Crippen molar-refractivity contribution in [2.45, 2.75) is 12.8 Å². The molecule has 0 aromatic heterocycles. The molecule has 0 aliphatic heterocycles. The fourth-order valence-electron chi connectivity index (χ4n) is 2.51. The van der Waals surface area contributed by atoms with Gasteiger partial charge in [-0.15, -0.1) is 0 Å². The van der Waals surface area contributed by atoms with Crippen molar-refractivity contribution in [2.75, 3.05) is 74.8 Å². The average molecular weight is 397 g/mol. The zero-order valence-corrected chi connectivity index (χ0v) is 17.9. The molecule has 0 unspecified atom stereocenters. The van der Waals surface area contributed by atoms with Crippen LogP contribution in [0.1, 0.15) is 12.8 Å². The largest absolute Gasteiger partial charge is 0.496 e. The van der Waals surface area contributed by atoms with Crippen LogP contribution in [0.5, 0.6) is 17.2 Å². The summed E-state index contributed by atoms with van der Waals surface area (Å²) in [6.45, 7) is 4.96. The Morgan fingerprint density at radius 3 is 2.14 bits per heavy atom. The number of guanidine groups is 1. The number of ether oxygens (including phenoxy) is 4. The smallest absolute Gasteiger partial charge is 0.191 e. The molecule has 28 heavy (non-hydrogen) atoms. The minimum Gasteiger partial charge on any atom is -0.496 e. The molecule has 0 aliphatic rings. The lowest BCUT2D eigenvalue weighted by molar-refractivity contribution is 0.180. The van der Waals surface area contributed by atoms with Gasteiger partial charge in [-0.1, -0.05) is 0 Å². The first-order valence-electron chi connectivity index (χ1n) is 9.60. The number of likely N-dealkylation sites (N-methyl/N-ethyl adjacent to an activating group) is 1. The molecule has 0 atom stereocenters. The Kier molecular flexibility index (Phi) is 12.6. The quantitative estimate of drug-likeness (QED) is 0.281. The summed E-state index contributed by atoms with van der Waals surface area (Å²) in [6.07, 6.45) is 1.89. The highest BCUT2D eigenvalue weighted by molar-refractivity contribution is 5.79. The molecular formula is C20H36N4O4. The molecule has 1 aromatic rings. The molecule has 1 aromatic carbocycles. The Morgan fingerprint density at radius 2 is 1.54 bits per heavy atom. The van der Waals surface area contributed by atoms with Gasteiger partial charge in [-0.25, -0.2) is 0 Å². The summed E-state index contributed by atoms with van der Waals surface area (Å²) in [5.74, 6) is 2.96. The lowest BCUT2D eigenvalue weighted by atomic mass is 10.3. The molecule has 0 heterocycles. The second-order valence-corrected chi connectivity index (χ2v) is 6.33. The second kappa shape index (κ2) is 14.8. The molecule has 0 spiro atoms. The zero-order chi connectivity index (χ0) is 20.6. The summed E-state index contributed by atoms with van der Waals surface area (Å²) in [5.41, 5.74) is 0. The van der Waals surface area contributed by atoms with Crippen molar-refractivity contribution in [3.8, 4) is 17.2 Å². The highest BCUT2D eigenvalue weighted by Gasteiger charge is 2.03. The first-order valence-corrected chi connectivity index (χ1v) is 9.60. The molecule has 0 amide bonds. The molecule has 8 nitrogen and oxygen atoms in total. The molecule has 160 valence electrons. The first kappa shape index (κ1) is 23.8. The highest BCUT2D eigenvalue weighted by Crippen LogP contribution is 2.27. The van der Waals surface area contributed by atoms with Crippen LogP contribution >= 0.6 is 0 Å².